The maximum Gasteiger partial charge on any atom is 0.332 e. The molecule has 122 valence electrons. The van der Waals surface area contributed by atoms with Crippen LogP contribution < -0.4 is 22.7 Å². The molecule has 1 aromatic rings. The zero-order valence-electron chi connectivity index (χ0n) is 12.1. The van der Waals surface area contributed by atoms with Gasteiger partial charge in [0.15, 0.2) is 12.0 Å². The number of rotatable bonds is 2. The Morgan fingerprint density at radius 2 is 1.91 bits per heavy atom. The van der Waals surface area contributed by atoms with Crippen LogP contribution in [0.4, 0.5) is 11.5 Å². The molecule has 2 aliphatic rings. The first kappa shape index (κ1) is 15.0. The molecular weight excluding hydrogens is 296 g/mol. The highest BCUT2D eigenvalue weighted by atomic mass is 16.8. The Balaban J connectivity index is 2.08. The summed E-state index contributed by atoms with van der Waals surface area (Å²) in [6.45, 7) is 3.11. The van der Waals surface area contributed by atoms with Crippen LogP contribution in [0, 0.1) is 0 Å². The predicted molar refractivity (Wildman–Crippen MR) is 75.0 cm³/mol. The maximum absolute atomic E-state index is 12.1. The zero-order chi connectivity index (χ0) is 16.2. The first-order valence-corrected chi connectivity index (χ1v) is 6.77. The molecule has 10 heteroatoms. The van der Waals surface area contributed by atoms with E-state index in [2.05, 4.69) is 4.98 Å². The second kappa shape index (κ2) is 4.81. The van der Waals surface area contributed by atoms with Crippen molar-refractivity contribution in [1.82, 2.24) is 9.55 Å². The van der Waals surface area contributed by atoms with Crippen LogP contribution in [0.5, 0.6) is 0 Å². The first-order valence-electron chi connectivity index (χ1n) is 6.77. The Morgan fingerprint density at radius 3 is 2.55 bits per heavy atom. The summed E-state index contributed by atoms with van der Waals surface area (Å²) >= 11 is 0. The number of H-pyrrole nitrogens is 1. The molecular formula is C12H18N4O6. The third-order valence-electron chi connectivity index (χ3n) is 3.78. The van der Waals surface area contributed by atoms with Gasteiger partial charge in [-0.25, -0.2) is 9.36 Å². The lowest BCUT2D eigenvalue weighted by Crippen LogP contribution is -2.40. The van der Waals surface area contributed by atoms with Gasteiger partial charge in [0.2, 0.25) is 0 Å². The molecule has 0 aromatic carbocycles. The van der Waals surface area contributed by atoms with Crippen molar-refractivity contribution in [3.8, 4) is 0 Å². The van der Waals surface area contributed by atoms with Gasteiger partial charge in [-0.1, -0.05) is 0 Å². The molecule has 0 amide bonds. The number of nitrogens with one attached hydrogen (secondary N) is 1. The number of ether oxygens (including phenoxy) is 3. The fourth-order valence-electron chi connectivity index (χ4n) is 2.85. The molecule has 0 bridgehead atoms. The Labute approximate surface area is 124 Å². The van der Waals surface area contributed by atoms with Crippen LogP contribution in [-0.4, -0.2) is 45.4 Å². The minimum absolute atomic E-state index is 0.218. The monoisotopic (exact) mass is 314 g/mol. The molecule has 0 aliphatic carbocycles. The van der Waals surface area contributed by atoms with Crippen LogP contribution in [0.3, 0.4) is 0 Å². The van der Waals surface area contributed by atoms with Crippen LogP contribution in [0.1, 0.15) is 20.1 Å². The number of anilines is 2. The van der Waals surface area contributed by atoms with E-state index in [-0.39, 0.29) is 18.1 Å². The summed E-state index contributed by atoms with van der Waals surface area (Å²) in [6.07, 6.45) is -2.88. The lowest BCUT2D eigenvalue weighted by Gasteiger charge is -2.25. The van der Waals surface area contributed by atoms with Gasteiger partial charge in [0.05, 0.1) is 6.61 Å². The average molecular weight is 314 g/mol. The molecule has 0 radical (unpaired) electrons. The van der Waals surface area contributed by atoms with E-state index >= 15 is 0 Å². The maximum atomic E-state index is 12.1. The molecule has 2 fully saturated rings. The molecule has 0 unspecified atom stereocenters. The molecule has 2 aliphatic heterocycles. The van der Waals surface area contributed by atoms with Crippen LogP contribution in [0.2, 0.25) is 0 Å². The van der Waals surface area contributed by atoms with Crippen molar-refractivity contribution in [2.75, 3.05) is 18.1 Å². The molecule has 6 N–H and O–H groups in total. The van der Waals surface area contributed by atoms with Gasteiger partial charge in [-0.15, -0.1) is 0 Å². The lowest BCUT2D eigenvalue weighted by molar-refractivity contribution is -0.200. The summed E-state index contributed by atoms with van der Waals surface area (Å²) < 4.78 is 18.1. The van der Waals surface area contributed by atoms with Crippen molar-refractivity contribution in [3.05, 3.63) is 20.8 Å². The summed E-state index contributed by atoms with van der Waals surface area (Å²) in [7, 11) is 0. The quantitative estimate of drug-likeness (QED) is 0.494. The van der Waals surface area contributed by atoms with E-state index in [4.69, 9.17) is 25.7 Å². The van der Waals surface area contributed by atoms with Gasteiger partial charge in [-0.2, -0.15) is 0 Å². The summed E-state index contributed by atoms with van der Waals surface area (Å²) in [6, 6.07) is 0. The molecule has 22 heavy (non-hydrogen) atoms. The summed E-state index contributed by atoms with van der Waals surface area (Å²) in [5.41, 5.74) is 9.53. The van der Waals surface area contributed by atoms with Crippen molar-refractivity contribution in [1.29, 1.82) is 0 Å². The molecule has 4 atom stereocenters. The average Bonchev–Trinajstić information content (AvgIpc) is 2.90. The third kappa shape index (κ3) is 2.11. The van der Waals surface area contributed by atoms with Gasteiger partial charge in [0.1, 0.15) is 29.8 Å². The van der Waals surface area contributed by atoms with Gasteiger partial charge in [0.25, 0.3) is 5.56 Å². The van der Waals surface area contributed by atoms with Crippen LogP contribution >= 0.6 is 0 Å². The number of fused-ring (bicyclic) bond motifs is 1. The molecule has 0 saturated carbocycles. The van der Waals surface area contributed by atoms with Crippen molar-refractivity contribution < 1.29 is 19.3 Å². The molecule has 3 rings (SSSR count). The number of nitrogens with two attached hydrogens (primary N) is 2. The standard InChI is InChI=1S/C12H18N4O6/c1-12(2)21-6-4(3-17)20-10(7(6)22-12)16-8(14)5(13)9(18)15-11(16)19/h4,6-7,10,17H,3,13-14H2,1-2H3,(H,15,18,19)/t4-,6-,7-,10-/m1/s1. The number of nitrogens with zero attached hydrogens (tertiary/aromatic N) is 1. The molecule has 3 heterocycles. The number of hydrogen-bond donors (Lipinski definition) is 4. The van der Waals surface area contributed by atoms with E-state index in [9.17, 15) is 14.7 Å². The second-order valence-electron chi connectivity index (χ2n) is 5.74. The zero-order valence-corrected chi connectivity index (χ0v) is 12.1. The lowest BCUT2D eigenvalue weighted by atomic mass is 10.1. The number of aliphatic hydroxyl groups excluding tert-OH is 1. The molecule has 2 saturated heterocycles. The summed E-state index contributed by atoms with van der Waals surface area (Å²) in [5, 5.41) is 9.42. The van der Waals surface area contributed by atoms with E-state index < -0.39 is 41.6 Å². The van der Waals surface area contributed by atoms with Crippen molar-refractivity contribution >= 4 is 11.5 Å². The van der Waals surface area contributed by atoms with E-state index in [0.29, 0.717) is 0 Å². The van der Waals surface area contributed by atoms with Crippen LogP contribution in [-0.2, 0) is 14.2 Å². The van der Waals surface area contributed by atoms with Crippen molar-refractivity contribution in [2.24, 2.45) is 0 Å². The normalized spacial score (nSPS) is 33.0. The minimum Gasteiger partial charge on any atom is -0.394 e. The summed E-state index contributed by atoms with van der Waals surface area (Å²) in [5.74, 6) is -1.11. The van der Waals surface area contributed by atoms with E-state index in [1.807, 2.05) is 0 Å². The first-order chi connectivity index (χ1) is 10.2. The number of aliphatic hydroxyl groups is 1. The van der Waals surface area contributed by atoms with Crippen molar-refractivity contribution in [3.63, 3.8) is 0 Å². The number of hydrogen-bond acceptors (Lipinski definition) is 8. The fraction of sp³-hybridized carbons (Fsp3) is 0.667. The van der Waals surface area contributed by atoms with Crippen LogP contribution in [0.15, 0.2) is 9.59 Å². The van der Waals surface area contributed by atoms with Gasteiger partial charge in [-0.3, -0.25) is 9.78 Å². The number of nitrogen functional groups attached to an aromatic ring is 2. The highest BCUT2D eigenvalue weighted by Crippen LogP contribution is 2.43. The second-order valence-corrected chi connectivity index (χ2v) is 5.74. The van der Waals surface area contributed by atoms with Gasteiger partial charge < -0.3 is 30.8 Å². The fourth-order valence-corrected chi connectivity index (χ4v) is 2.85. The highest BCUT2D eigenvalue weighted by molar-refractivity contribution is 5.56. The Hall–Kier alpha value is -1.88. The molecule has 10 nitrogen and oxygen atoms in total. The Bertz CT molecular complexity index is 711. The third-order valence-corrected chi connectivity index (χ3v) is 3.78. The van der Waals surface area contributed by atoms with Crippen LogP contribution in [0.25, 0.3) is 0 Å². The number of aromatic amines is 1. The molecule has 1 aromatic heterocycles. The predicted octanol–water partition coefficient (Wildman–Crippen LogP) is -1.89. The smallest absolute Gasteiger partial charge is 0.332 e. The Kier molecular flexibility index (Phi) is 3.29. The van der Waals surface area contributed by atoms with E-state index in [1.54, 1.807) is 13.8 Å². The van der Waals surface area contributed by atoms with E-state index in [0.717, 1.165) is 4.57 Å². The van der Waals surface area contributed by atoms with E-state index in [1.165, 1.54) is 0 Å². The largest absolute Gasteiger partial charge is 0.394 e. The number of aromatic nitrogens is 2. The Morgan fingerprint density at radius 1 is 1.27 bits per heavy atom. The summed E-state index contributed by atoms with van der Waals surface area (Å²) in [4.78, 5) is 25.6. The van der Waals surface area contributed by atoms with Gasteiger partial charge >= 0.3 is 5.69 Å². The minimum atomic E-state index is -0.962. The SMILES string of the molecule is CC1(C)O[C@@H]2[C@H](O1)[C@@H](CO)O[C@H]2n1c(N)c(N)c(=O)[nH]c1=O. The van der Waals surface area contributed by atoms with Gasteiger partial charge in [0, 0.05) is 0 Å². The van der Waals surface area contributed by atoms with Crippen molar-refractivity contribution in [2.45, 2.75) is 44.2 Å². The van der Waals surface area contributed by atoms with Gasteiger partial charge in [-0.05, 0) is 13.8 Å². The highest BCUT2D eigenvalue weighted by Gasteiger charge is 2.56. The topological polar surface area (TPSA) is 155 Å². The molecule has 0 spiro atoms.